The molecule has 16 heavy (non-hydrogen) atoms. The number of thioether (sulfide) groups is 1. The van der Waals surface area contributed by atoms with Gasteiger partial charge in [0.25, 0.3) is 0 Å². The molecule has 0 aliphatic carbocycles. The molecule has 0 aliphatic rings. The predicted octanol–water partition coefficient (Wildman–Crippen LogP) is 2.89. The van der Waals surface area contributed by atoms with Gasteiger partial charge >= 0.3 is 5.00 Å². The summed E-state index contributed by atoms with van der Waals surface area (Å²) in [5.74, 6) is 1.14. The highest BCUT2D eigenvalue weighted by molar-refractivity contribution is 7.98. The number of nitrogens with zero attached hydrogens (tertiary/aromatic N) is 1. The van der Waals surface area contributed by atoms with Crippen molar-refractivity contribution in [2.24, 2.45) is 0 Å². The molecule has 0 saturated heterocycles. The SMILES string of the molecule is CSCCC(C)NCc1ccc([N+](=O)[O-])s1. The van der Waals surface area contributed by atoms with E-state index in [9.17, 15) is 10.1 Å². The minimum Gasteiger partial charge on any atom is -0.309 e. The summed E-state index contributed by atoms with van der Waals surface area (Å²) in [5, 5.41) is 14.1. The normalized spacial score (nSPS) is 12.6. The van der Waals surface area contributed by atoms with E-state index in [0.29, 0.717) is 12.6 Å². The highest BCUT2D eigenvalue weighted by atomic mass is 32.2. The Morgan fingerprint density at radius 3 is 2.94 bits per heavy atom. The maximum atomic E-state index is 10.5. The highest BCUT2D eigenvalue weighted by Gasteiger charge is 2.10. The van der Waals surface area contributed by atoms with Crippen LogP contribution in [0, 0.1) is 10.1 Å². The topological polar surface area (TPSA) is 55.2 Å². The fraction of sp³-hybridized carbons (Fsp3) is 0.600. The van der Waals surface area contributed by atoms with Gasteiger partial charge in [-0.2, -0.15) is 11.8 Å². The van der Waals surface area contributed by atoms with Crippen LogP contribution in [0.1, 0.15) is 18.2 Å². The van der Waals surface area contributed by atoms with Crippen LogP contribution in [0.4, 0.5) is 5.00 Å². The summed E-state index contributed by atoms with van der Waals surface area (Å²) in [5.41, 5.74) is 0. The minimum absolute atomic E-state index is 0.216. The summed E-state index contributed by atoms with van der Waals surface area (Å²) in [6.45, 7) is 2.85. The van der Waals surface area contributed by atoms with Crippen LogP contribution in [0.25, 0.3) is 0 Å². The van der Waals surface area contributed by atoms with Crippen molar-refractivity contribution in [3.8, 4) is 0 Å². The average molecular weight is 260 g/mol. The van der Waals surface area contributed by atoms with Gasteiger partial charge in [-0.15, -0.1) is 0 Å². The third-order valence-corrected chi connectivity index (χ3v) is 3.89. The molecular formula is C10H16N2O2S2. The molecule has 0 bridgehead atoms. The largest absolute Gasteiger partial charge is 0.324 e. The van der Waals surface area contributed by atoms with E-state index >= 15 is 0 Å². The van der Waals surface area contributed by atoms with Crippen molar-refractivity contribution in [2.75, 3.05) is 12.0 Å². The lowest BCUT2D eigenvalue weighted by molar-refractivity contribution is -0.380. The van der Waals surface area contributed by atoms with Crippen molar-refractivity contribution in [1.29, 1.82) is 0 Å². The molecule has 1 heterocycles. The molecule has 1 aromatic heterocycles. The van der Waals surface area contributed by atoms with Gasteiger partial charge in [-0.3, -0.25) is 10.1 Å². The van der Waals surface area contributed by atoms with E-state index in [1.807, 2.05) is 17.8 Å². The Bertz CT molecular complexity index is 341. The van der Waals surface area contributed by atoms with Gasteiger partial charge in [0.1, 0.15) is 0 Å². The van der Waals surface area contributed by atoms with Gasteiger partial charge in [0, 0.05) is 23.5 Å². The summed E-state index contributed by atoms with van der Waals surface area (Å²) in [4.78, 5) is 11.2. The van der Waals surface area contributed by atoms with Crippen LogP contribution in [0.3, 0.4) is 0 Å². The van der Waals surface area contributed by atoms with Gasteiger partial charge in [0.15, 0.2) is 0 Å². The summed E-state index contributed by atoms with van der Waals surface area (Å²) in [6, 6.07) is 3.83. The standard InChI is InChI=1S/C10H16N2O2S2/c1-8(5-6-15-2)11-7-9-3-4-10(16-9)12(13)14/h3-4,8,11H,5-7H2,1-2H3. The second-order valence-corrected chi connectivity index (χ2v) is 5.69. The summed E-state index contributed by atoms with van der Waals surface area (Å²) in [7, 11) is 0. The number of hydrogen-bond donors (Lipinski definition) is 1. The molecule has 0 spiro atoms. The Balaban J connectivity index is 2.33. The first-order valence-corrected chi connectivity index (χ1v) is 7.30. The summed E-state index contributed by atoms with van der Waals surface area (Å²) in [6.07, 6.45) is 3.21. The molecule has 0 aliphatic heterocycles. The molecule has 0 saturated carbocycles. The maximum absolute atomic E-state index is 10.5. The van der Waals surface area contributed by atoms with Crippen molar-refractivity contribution in [1.82, 2.24) is 5.32 Å². The first-order valence-electron chi connectivity index (χ1n) is 5.09. The zero-order valence-electron chi connectivity index (χ0n) is 9.43. The van der Waals surface area contributed by atoms with E-state index in [0.717, 1.165) is 17.1 Å². The fourth-order valence-electron chi connectivity index (χ4n) is 1.23. The molecule has 1 atom stereocenters. The molecule has 6 heteroatoms. The highest BCUT2D eigenvalue weighted by Crippen LogP contribution is 2.23. The zero-order chi connectivity index (χ0) is 12.0. The lowest BCUT2D eigenvalue weighted by atomic mass is 10.2. The lowest BCUT2D eigenvalue weighted by Gasteiger charge is -2.11. The van der Waals surface area contributed by atoms with E-state index in [4.69, 9.17) is 0 Å². The van der Waals surface area contributed by atoms with Gasteiger partial charge < -0.3 is 5.32 Å². The van der Waals surface area contributed by atoms with Crippen molar-refractivity contribution < 1.29 is 4.92 Å². The first kappa shape index (κ1) is 13.5. The van der Waals surface area contributed by atoms with Crippen LogP contribution in [-0.4, -0.2) is 23.0 Å². The quantitative estimate of drug-likeness (QED) is 0.605. The molecule has 4 nitrogen and oxygen atoms in total. The summed E-state index contributed by atoms with van der Waals surface area (Å²) < 4.78 is 0. The smallest absolute Gasteiger partial charge is 0.309 e. The number of nitro groups is 1. The maximum Gasteiger partial charge on any atom is 0.324 e. The molecule has 1 rings (SSSR count). The molecular weight excluding hydrogens is 244 g/mol. The number of rotatable bonds is 7. The molecule has 1 aromatic rings. The molecule has 0 aromatic carbocycles. The number of nitrogens with one attached hydrogen (secondary N) is 1. The average Bonchev–Trinajstić information content (AvgIpc) is 2.72. The fourth-order valence-corrected chi connectivity index (χ4v) is 2.59. The molecule has 1 unspecified atom stereocenters. The van der Waals surface area contributed by atoms with E-state index in [2.05, 4.69) is 18.5 Å². The second-order valence-electron chi connectivity index (χ2n) is 3.56. The van der Waals surface area contributed by atoms with E-state index in [1.54, 1.807) is 6.07 Å². The van der Waals surface area contributed by atoms with Gasteiger partial charge in [-0.1, -0.05) is 11.3 Å². The van der Waals surface area contributed by atoms with Crippen LogP contribution in [-0.2, 0) is 6.54 Å². The van der Waals surface area contributed by atoms with Gasteiger partial charge in [0.2, 0.25) is 0 Å². The molecule has 0 radical (unpaired) electrons. The number of hydrogen-bond acceptors (Lipinski definition) is 5. The van der Waals surface area contributed by atoms with Crippen molar-refractivity contribution in [3.05, 3.63) is 27.1 Å². The third kappa shape index (κ3) is 4.51. The van der Waals surface area contributed by atoms with Crippen LogP contribution in [0.5, 0.6) is 0 Å². The molecule has 1 N–H and O–H groups in total. The number of thiophene rings is 1. The van der Waals surface area contributed by atoms with E-state index in [-0.39, 0.29) is 9.92 Å². The van der Waals surface area contributed by atoms with Gasteiger partial charge in [0.05, 0.1) is 4.92 Å². The van der Waals surface area contributed by atoms with Crippen LogP contribution in [0.15, 0.2) is 12.1 Å². The Labute approximate surface area is 104 Å². The lowest BCUT2D eigenvalue weighted by Crippen LogP contribution is -2.25. The summed E-state index contributed by atoms with van der Waals surface area (Å²) >= 11 is 3.07. The van der Waals surface area contributed by atoms with Crippen molar-refractivity contribution in [2.45, 2.75) is 25.9 Å². The van der Waals surface area contributed by atoms with Crippen molar-refractivity contribution >= 4 is 28.1 Å². The van der Waals surface area contributed by atoms with Crippen LogP contribution >= 0.6 is 23.1 Å². The molecule has 0 fully saturated rings. The first-order chi connectivity index (χ1) is 7.63. The van der Waals surface area contributed by atoms with E-state index < -0.39 is 0 Å². The third-order valence-electron chi connectivity index (χ3n) is 2.21. The van der Waals surface area contributed by atoms with Gasteiger partial charge in [-0.25, -0.2) is 0 Å². The van der Waals surface area contributed by atoms with Crippen LogP contribution in [0.2, 0.25) is 0 Å². The monoisotopic (exact) mass is 260 g/mol. The van der Waals surface area contributed by atoms with E-state index in [1.165, 1.54) is 11.3 Å². The Hall–Kier alpha value is -0.590. The van der Waals surface area contributed by atoms with Gasteiger partial charge in [-0.05, 0) is 31.4 Å². The Kier molecular flexibility index (Phi) is 5.79. The Morgan fingerprint density at radius 2 is 2.38 bits per heavy atom. The minimum atomic E-state index is -0.342. The Morgan fingerprint density at radius 1 is 1.62 bits per heavy atom. The molecule has 90 valence electrons. The predicted molar refractivity (Wildman–Crippen MR) is 70.3 cm³/mol. The molecule has 0 amide bonds. The second kappa shape index (κ2) is 6.88. The van der Waals surface area contributed by atoms with Crippen LogP contribution < -0.4 is 5.32 Å². The van der Waals surface area contributed by atoms with Crippen molar-refractivity contribution in [3.63, 3.8) is 0 Å². The zero-order valence-corrected chi connectivity index (χ0v) is 11.1.